The van der Waals surface area contributed by atoms with Crippen LogP contribution in [0.15, 0.2) is 28.0 Å². The molecule has 2 aliphatic carbocycles. The van der Waals surface area contributed by atoms with Gasteiger partial charge in [0.15, 0.2) is 5.82 Å². The fourth-order valence-electron chi connectivity index (χ4n) is 4.02. The summed E-state index contributed by atoms with van der Waals surface area (Å²) in [5.41, 5.74) is 1.84. The topological polar surface area (TPSA) is 91.0 Å². The Hall–Kier alpha value is -2.48. The lowest BCUT2D eigenvalue weighted by Crippen LogP contribution is -2.39. The Balaban J connectivity index is 1.41. The van der Waals surface area contributed by atoms with Gasteiger partial charge in [0.2, 0.25) is 0 Å². The van der Waals surface area contributed by atoms with Crippen LogP contribution in [0.2, 0.25) is 0 Å². The zero-order chi connectivity index (χ0) is 18.4. The number of nitrogens with zero attached hydrogens (tertiary/aromatic N) is 4. The molecule has 0 spiro atoms. The smallest absolute Gasteiger partial charge is 0.293 e. The Kier molecular flexibility index (Phi) is 4.07. The van der Waals surface area contributed by atoms with Gasteiger partial charge in [-0.25, -0.2) is 9.67 Å². The second-order valence-corrected chi connectivity index (χ2v) is 7.79. The average Bonchev–Trinajstić information content (AvgIpc) is 3.16. The third-order valence-corrected chi connectivity index (χ3v) is 5.73. The summed E-state index contributed by atoms with van der Waals surface area (Å²) in [5.74, 6) is 0.919. The van der Waals surface area contributed by atoms with Crippen LogP contribution < -0.4 is 16.4 Å². The van der Waals surface area contributed by atoms with Crippen LogP contribution in [-0.4, -0.2) is 38.6 Å². The van der Waals surface area contributed by atoms with E-state index in [2.05, 4.69) is 15.4 Å². The van der Waals surface area contributed by atoms with E-state index in [1.165, 1.54) is 17.5 Å². The molecule has 0 bridgehead atoms. The SMILES string of the molecule is O=c1c(NC2COCC2n2nc3c(cc2=O)CCC3)nccn1CC1CC1. The maximum atomic E-state index is 12.7. The molecule has 2 aromatic heterocycles. The molecule has 2 unspecified atom stereocenters. The van der Waals surface area contributed by atoms with Gasteiger partial charge in [0, 0.05) is 25.0 Å². The molecule has 27 heavy (non-hydrogen) atoms. The molecule has 1 saturated heterocycles. The van der Waals surface area contributed by atoms with Crippen LogP contribution in [0.1, 0.15) is 36.6 Å². The van der Waals surface area contributed by atoms with E-state index in [0.29, 0.717) is 24.9 Å². The van der Waals surface area contributed by atoms with Gasteiger partial charge >= 0.3 is 0 Å². The molecular weight excluding hydrogens is 346 g/mol. The Morgan fingerprint density at radius 2 is 2.11 bits per heavy atom. The number of fused-ring (bicyclic) bond motifs is 1. The minimum atomic E-state index is -0.248. The van der Waals surface area contributed by atoms with Crippen molar-refractivity contribution in [1.29, 1.82) is 0 Å². The maximum absolute atomic E-state index is 12.7. The van der Waals surface area contributed by atoms with Crippen molar-refractivity contribution in [3.8, 4) is 0 Å². The van der Waals surface area contributed by atoms with Crippen LogP contribution in [0.25, 0.3) is 0 Å². The number of ether oxygens (including phenoxy) is 1. The third kappa shape index (κ3) is 3.18. The molecule has 3 aliphatic rings. The van der Waals surface area contributed by atoms with Crippen LogP contribution >= 0.6 is 0 Å². The predicted octanol–water partition coefficient (Wildman–Crippen LogP) is 0.751. The average molecular weight is 369 g/mol. The van der Waals surface area contributed by atoms with Gasteiger partial charge in [-0.1, -0.05) is 0 Å². The van der Waals surface area contributed by atoms with Gasteiger partial charge < -0.3 is 14.6 Å². The molecule has 2 fully saturated rings. The highest BCUT2D eigenvalue weighted by Gasteiger charge is 2.33. The highest BCUT2D eigenvalue weighted by atomic mass is 16.5. The summed E-state index contributed by atoms with van der Waals surface area (Å²) in [7, 11) is 0. The zero-order valence-electron chi connectivity index (χ0n) is 15.1. The number of aryl methyl sites for hydroxylation is 2. The van der Waals surface area contributed by atoms with Gasteiger partial charge in [-0.15, -0.1) is 0 Å². The van der Waals surface area contributed by atoms with E-state index in [9.17, 15) is 9.59 Å². The van der Waals surface area contributed by atoms with Crippen LogP contribution in [0.4, 0.5) is 5.82 Å². The normalized spacial score (nSPS) is 24.1. The summed E-state index contributed by atoms with van der Waals surface area (Å²) < 4.78 is 8.86. The predicted molar refractivity (Wildman–Crippen MR) is 99.0 cm³/mol. The van der Waals surface area contributed by atoms with Gasteiger partial charge in [0.05, 0.1) is 24.9 Å². The summed E-state index contributed by atoms with van der Waals surface area (Å²) in [6, 6.07) is 1.24. The van der Waals surface area contributed by atoms with Crippen molar-refractivity contribution in [3.63, 3.8) is 0 Å². The van der Waals surface area contributed by atoms with Crippen LogP contribution in [0.5, 0.6) is 0 Å². The van der Waals surface area contributed by atoms with E-state index in [1.807, 2.05) is 0 Å². The van der Waals surface area contributed by atoms with E-state index in [4.69, 9.17) is 4.74 Å². The van der Waals surface area contributed by atoms with Gasteiger partial charge in [0.25, 0.3) is 11.1 Å². The lowest BCUT2D eigenvalue weighted by Gasteiger charge is -2.21. The summed E-state index contributed by atoms with van der Waals surface area (Å²) in [6.07, 6.45) is 8.63. The summed E-state index contributed by atoms with van der Waals surface area (Å²) in [6.45, 7) is 1.55. The number of rotatable bonds is 5. The molecule has 1 aliphatic heterocycles. The van der Waals surface area contributed by atoms with Crippen molar-refractivity contribution in [2.45, 2.75) is 50.7 Å². The van der Waals surface area contributed by atoms with Crippen molar-refractivity contribution in [2.24, 2.45) is 5.92 Å². The number of hydrogen-bond donors (Lipinski definition) is 1. The van der Waals surface area contributed by atoms with Crippen molar-refractivity contribution in [3.05, 3.63) is 50.4 Å². The first-order chi connectivity index (χ1) is 13.2. The Morgan fingerprint density at radius 3 is 2.96 bits per heavy atom. The molecule has 5 rings (SSSR count). The molecule has 8 heteroatoms. The molecular formula is C19H23N5O3. The molecule has 142 valence electrons. The van der Waals surface area contributed by atoms with E-state index in [-0.39, 0.29) is 23.2 Å². The Morgan fingerprint density at radius 1 is 1.22 bits per heavy atom. The van der Waals surface area contributed by atoms with Crippen LogP contribution in [-0.2, 0) is 24.1 Å². The van der Waals surface area contributed by atoms with Gasteiger partial charge in [0.1, 0.15) is 6.04 Å². The van der Waals surface area contributed by atoms with E-state index >= 15 is 0 Å². The fourth-order valence-corrected chi connectivity index (χ4v) is 4.02. The van der Waals surface area contributed by atoms with Crippen molar-refractivity contribution < 1.29 is 4.74 Å². The maximum Gasteiger partial charge on any atom is 0.293 e. The van der Waals surface area contributed by atoms with E-state index in [1.54, 1.807) is 23.0 Å². The molecule has 3 heterocycles. The molecule has 0 amide bonds. The molecule has 0 radical (unpaired) electrons. The van der Waals surface area contributed by atoms with Gasteiger partial charge in [-0.3, -0.25) is 9.59 Å². The molecule has 2 atom stereocenters. The van der Waals surface area contributed by atoms with E-state index in [0.717, 1.165) is 37.1 Å². The minimum absolute atomic E-state index is 0.106. The lowest BCUT2D eigenvalue weighted by atomic mass is 10.1. The Labute approximate surface area is 156 Å². The summed E-state index contributed by atoms with van der Waals surface area (Å²) >= 11 is 0. The number of aromatic nitrogens is 4. The molecule has 1 saturated carbocycles. The standard InChI is InChI=1S/C19H23N5O3/c25-17-8-13-2-1-3-14(13)22-24(17)16-11-27-10-15(16)21-18-19(26)23(7-6-20-18)9-12-4-5-12/h6-8,12,15-16H,1-5,9-11H2,(H,20,21). The fraction of sp³-hybridized carbons (Fsp3) is 0.579. The number of hydrogen-bond acceptors (Lipinski definition) is 6. The van der Waals surface area contributed by atoms with Gasteiger partial charge in [-0.05, 0) is 43.6 Å². The molecule has 2 aromatic rings. The summed E-state index contributed by atoms with van der Waals surface area (Å²) in [5, 5.41) is 7.81. The summed E-state index contributed by atoms with van der Waals surface area (Å²) in [4.78, 5) is 29.5. The number of nitrogens with one attached hydrogen (secondary N) is 1. The quantitative estimate of drug-likeness (QED) is 0.836. The van der Waals surface area contributed by atoms with Gasteiger partial charge in [-0.2, -0.15) is 5.10 Å². The second kappa shape index (κ2) is 6.60. The molecule has 8 nitrogen and oxygen atoms in total. The number of anilines is 1. The second-order valence-electron chi connectivity index (χ2n) is 7.79. The van der Waals surface area contributed by atoms with Crippen molar-refractivity contribution in [2.75, 3.05) is 18.5 Å². The highest BCUT2D eigenvalue weighted by molar-refractivity contribution is 5.33. The monoisotopic (exact) mass is 369 g/mol. The molecule has 1 N–H and O–H groups in total. The first-order valence-corrected chi connectivity index (χ1v) is 9.70. The van der Waals surface area contributed by atoms with Crippen molar-refractivity contribution >= 4 is 5.82 Å². The molecule has 0 aromatic carbocycles. The first kappa shape index (κ1) is 16.7. The Bertz CT molecular complexity index is 978. The van der Waals surface area contributed by atoms with Crippen molar-refractivity contribution in [1.82, 2.24) is 19.3 Å². The lowest BCUT2D eigenvalue weighted by molar-refractivity contribution is 0.182. The van der Waals surface area contributed by atoms with Crippen LogP contribution in [0, 0.1) is 5.92 Å². The highest BCUT2D eigenvalue weighted by Crippen LogP contribution is 2.30. The third-order valence-electron chi connectivity index (χ3n) is 5.73. The zero-order valence-corrected chi connectivity index (χ0v) is 15.1. The van der Waals surface area contributed by atoms with Crippen LogP contribution in [0.3, 0.4) is 0 Å². The first-order valence-electron chi connectivity index (χ1n) is 9.70. The van der Waals surface area contributed by atoms with E-state index < -0.39 is 0 Å². The minimum Gasteiger partial charge on any atom is -0.377 e. The largest absolute Gasteiger partial charge is 0.377 e.